The van der Waals surface area contributed by atoms with Crippen molar-refractivity contribution in [1.82, 2.24) is 5.32 Å². The van der Waals surface area contributed by atoms with Gasteiger partial charge in [0.1, 0.15) is 5.75 Å². The predicted octanol–water partition coefficient (Wildman–Crippen LogP) is 2.30. The van der Waals surface area contributed by atoms with E-state index in [1.54, 1.807) is 0 Å². The Hall–Kier alpha value is -2.04. The smallest absolute Gasteiger partial charge is 0.307 e. The molecule has 5 nitrogen and oxygen atoms in total. The van der Waals surface area contributed by atoms with Crippen molar-refractivity contribution in [3.05, 3.63) is 29.3 Å². The lowest BCUT2D eigenvalue weighted by Gasteiger charge is -2.35. The first kappa shape index (κ1) is 14.9. The van der Waals surface area contributed by atoms with Gasteiger partial charge in [0.05, 0.1) is 24.5 Å². The summed E-state index contributed by atoms with van der Waals surface area (Å²) in [5.74, 6) is -1.05. The standard InChI is InChI=1S/C17H21NO4/c1-2-10-4-3-5-13-14(8-9-22-15(10)13)18-16(19)11-6-7-12(11)17(20)21/h3-5,11-12,14H,2,6-9H2,1H3,(H,18,19)(H,20,21). The highest BCUT2D eigenvalue weighted by molar-refractivity contribution is 5.86. The van der Waals surface area contributed by atoms with E-state index < -0.39 is 17.8 Å². The zero-order valence-electron chi connectivity index (χ0n) is 12.7. The van der Waals surface area contributed by atoms with E-state index in [1.807, 2.05) is 18.2 Å². The third-order valence-corrected chi connectivity index (χ3v) is 4.78. The summed E-state index contributed by atoms with van der Waals surface area (Å²) in [6.07, 6.45) is 2.86. The number of hydrogen-bond acceptors (Lipinski definition) is 3. The molecule has 5 heteroatoms. The van der Waals surface area contributed by atoms with Crippen molar-refractivity contribution in [1.29, 1.82) is 0 Å². The first-order valence-electron chi connectivity index (χ1n) is 7.89. The van der Waals surface area contributed by atoms with Crippen LogP contribution in [0.1, 0.15) is 43.4 Å². The summed E-state index contributed by atoms with van der Waals surface area (Å²) in [6, 6.07) is 5.91. The Morgan fingerprint density at radius 2 is 2.05 bits per heavy atom. The fourth-order valence-corrected chi connectivity index (χ4v) is 3.31. The summed E-state index contributed by atoms with van der Waals surface area (Å²) in [7, 11) is 0. The quantitative estimate of drug-likeness (QED) is 0.895. The molecule has 1 amide bonds. The van der Waals surface area contributed by atoms with E-state index in [0.29, 0.717) is 19.4 Å². The molecule has 3 rings (SSSR count). The van der Waals surface area contributed by atoms with Gasteiger partial charge in [0, 0.05) is 12.0 Å². The molecule has 1 aliphatic carbocycles. The van der Waals surface area contributed by atoms with Crippen molar-refractivity contribution in [2.45, 2.75) is 38.6 Å². The molecule has 1 saturated carbocycles. The molecule has 1 aromatic carbocycles. The van der Waals surface area contributed by atoms with Gasteiger partial charge in [-0.05, 0) is 24.8 Å². The molecule has 1 heterocycles. The Morgan fingerprint density at radius 3 is 2.68 bits per heavy atom. The van der Waals surface area contributed by atoms with Crippen LogP contribution in [0, 0.1) is 11.8 Å². The molecule has 0 bridgehead atoms. The lowest BCUT2D eigenvalue weighted by molar-refractivity contribution is -0.153. The molecule has 3 unspecified atom stereocenters. The van der Waals surface area contributed by atoms with Gasteiger partial charge in [0.25, 0.3) is 0 Å². The SMILES string of the molecule is CCc1cccc2c1OCCC2NC(=O)C1CCC1C(=O)O. The highest BCUT2D eigenvalue weighted by Crippen LogP contribution is 2.38. The molecule has 0 spiro atoms. The second-order valence-corrected chi connectivity index (χ2v) is 6.02. The zero-order valence-corrected chi connectivity index (χ0v) is 12.7. The summed E-state index contributed by atoms with van der Waals surface area (Å²) in [4.78, 5) is 23.4. The highest BCUT2D eigenvalue weighted by atomic mass is 16.5. The predicted molar refractivity (Wildman–Crippen MR) is 80.7 cm³/mol. The normalized spacial score (nSPS) is 26.3. The van der Waals surface area contributed by atoms with Crippen molar-refractivity contribution in [3.8, 4) is 5.75 Å². The number of rotatable bonds is 4. The fourth-order valence-electron chi connectivity index (χ4n) is 3.31. The van der Waals surface area contributed by atoms with Crippen LogP contribution in [0.4, 0.5) is 0 Å². The van der Waals surface area contributed by atoms with Crippen molar-refractivity contribution in [3.63, 3.8) is 0 Å². The number of benzene rings is 1. The second kappa shape index (κ2) is 5.99. The minimum absolute atomic E-state index is 0.0854. The number of carbonyl (C=O) groups excluding carboxylic acids is 1. The number of amides is 1. The Kier molecular flexibility index (Phi) is 4.05. The number of carboxylic acids is 1. The van der Waals surface area contributed by atoms with E-state index >= 15 is 0 Å². The Balaban J connectivity index is 1.75. The van der Waals surface area contributed by atoms with E-state index in [-0.39, 0.29) is 11.9 Å². The molecule has 2 aliphatic rings. The number of carboxylic acid groups (broad SMARTS) is 1. The zero-order chi connectivity index (χ0) is 15.7. The molecule has 22 heavy (non-hydrogen) atoms. The number of para-hydroxylation sites is 1. The molecule has 1 fully saturated rings. The lowest BCUT2D eigenvalue weighted by atomic mass is 9.73. The van der Waals surface area contributed by atoms with Gasteiger partial charge in [0.15, 0.2) is 0 Å². The Labute approximate surface area is 129 Å². The minimum Gasteiger partial charge on any atom is -0.493 e. The van der Waals surface area contributed by atoms with Crippen molar-refractivity contribution >= 4 is 11.9 Å². The van der Waals surface area contributed by atoms with Crippen LogP contribution in [0.15, 0.2) is 18.2 Å². The van der Waals surface area contributed by atoms with Gasteiger partial charge in [-0.15, -0.1) is 0 Å². The molecular formula is C17H21NO4. The first-order valence-corrected chi connectivity index (χ1v) is 7.89. The Bertz CT molecular complexity index is 598. The summed E-state index contributed by atoms with van der Waals surface area (Å²) in [6.45, 7) is 2.65. The van der Waals surface area contributed by atoms with E-state index in [9.17, 15) is 9.59 Å². The maximum Gasteiger partial charge on any atom is 0.307 e. The molecule has 0 saturated heterocycles. The maximum absolute atomic E-state index is 12.4. The van der Waals surface area contributed by atoms with Crippen LogP contribution in [0.25, 0.3) is 0 Å². The third kappa shape index (κ3) is 2.56. The van der Waals surface area contributed by atoms with Gasteiger partial charge >= 0.3 is 5.97 Å². The van der Waals surface area contributed by atoms with E-state index in [1.165, 1.54) is 0 Å². The average Bonchev–Trinajstić information content (AvgIpc) is 2.45. The highest BCUT2D eigenvalue weighted by Gasteiger charge is 2.42. The molecule has 0 aromatic heterocycles. The second-order valence-electron chi connectivity index (χ2n) is 6.02. The van der Waals surface area contributed by atoms with Gasteiger partial charge in [-0.3, -0.25) is 9.59 Å². The Morgan fingerprint density at radius 1 is 1.27 bits per heavy atom. The summed E-state index contributed by atoms with van der Waals surface area (Å²) >= 11 is 0. The summed E-state index contributed by atoms with van der Waals surface area (Å²) < 4.78 is 5.77. The van der Waals surface area contributed by atoms with E-state index in [0.717, 1.165) is 29.7 Å². The number of fused-ring (bicyclic) bond motifs is 1. The molecule has 0 radical (unpaired) electrons. The number of aryl methyl sites for hydroxylation is 1. The third-order valence-electron chi connectivity index (χ3n) is 4.78. The van der Waals surface area contributed by atoms with Crippen LogP contribution in [0.3, 0.4) is 0 Å². The van der Waals surface area contributed by atoms with Crippen LogP contribution >= 0.6 is 0 Å². The van der Waals surface area contributed by atoms with E-state index in [4.69, 9.17) is 9.84 Å². The number of hydrogen-bond donors (Lipinski definition) is 2. The van der Waals surface area contributed by atoms with Crippen molar-refractivity contribution in [2.75, 3.05) is 6.61 Å². The van der Waals surface area contributed by atoms with Crippen LogP contribution in [-0.4, -0.2) is 23.6 Å². The molecular weight excluding hydrogens is 282 g/mol. The number of carbonyl (C=O) groups is 2. The van der Waals surface area contributed by atoms with Crippen LogP contribution in [0.5, 0.6) is 5.75 Å². The van der Waals surface area contributed by atoms with Crippen molar-refractivity contribution < 1.29 is 19.4 Å². The fraction of sp³-hybridized carbons (Fsp3) is 0.529. The van der Waals surface area contributed by atoms with Crippen LogP contribution in [0.2, 0.25) is 0 Å². The summed E-state index contributed by atoms with van der Waals surface area (Å²) in [5.41, 5.74) is 2.15. The number of aliphatic carboxylic acids is 1. The molecule has 3 atom stereocenters. The van der Waals surface area contributed by atoms with Crippen LogP contribution < -0.4 is 10.1 Å². The molecule has 2 N–H and O–H groups in total. The van der Waals surface area contributed by atoms with Gasteiger partial charge < -0.3 is 15.2 Å². The van der Waals surface area contributed by atoms with Gasteiger partial charge in [0.2, 0.25) is 5.91 Å². The monoisotopic (exact) mass is 303 g/mol. The lowest BCUT2D eigenvalue weighted by Crippen LogP contribution is -2.45. The largest absolute Gasteiger partial charge is 0.493 e. The minimum atomic E-state index is -0.868. The van der Waals surface area contributed by atoms with Crippen molar-refractivity contribution in [2.24, 2.45) is 11.8 Å². The van der Waals surface area contributed by atoms with E-state index in [2.05, 4.69) is 12.2 Å². The number of ether oxygens (including phenoxy) is 1. The van der Waals surface area contributed by atoms with Crippen LogP contribution in [-0.2, 0) is 16.0 Å². The molecule has 1 aliphatic heterocycles. The van der Waals surface area contributed by atoms with Gasteiger partial charge in [-0.2, -0.15) is 0 Å². The average molecular weight is 303 g/mol. The molecule has 1 aromatic rings. The van der Waals surface area contributed by atoms with Gasteiger partial charge in [-0.25, -0.2) is 0 Å². The van der Waals surface area contributed by atoms with Gasteiger partial charge in [-0.1, -0.05) is 25.1 Å². The summed E-state index contributed by atoms with van der Waals surface area (Å²) in [5, 5.41) is 12.1. The maximum atomic E-state index is 12.4. The topological polar surface area (TPSA) is 75.6 Å². The first-order chi connectivity index (χ1) is 10.6. The number of nitrogens with one attached hydrogen (secondary N) is 1. The molecule has 118 valence electrons.